The molecule has 0 atom stereocenters. The topological polar surface area (TPSA) is 6.48 Å². The molecule has 2 aliphatic rings. The molecule has 94 valence electrons. The predicted molar refractivity (Wildman–Crippen MR) is 69.6 cm³/mol. The van der Waals surface area contributed by atoms with E-state index in [9.17, 15) is 0 Å². The van der Waals surface area contributed by atoms with Crippen LogP contribution in [0.1, 0.15) is 34.1 Å². The van der Waals surface area contributed by atoms with Crippen LogP contribution in [0.4, 0.5) is 0 Å². The highest BCUT2D eigenvalue weighted by Gasteiger charge is 2.34. The average molecular weight is 224 g/mol. The van der Waals surface area contributed by atoms with Crippen LogP contribution in [-0.4, -0.2) is 48.6 Å². The van der Waals surface area contributed by atoms with Crippen molar-refractivity contribution in [2.24, 2.45) is 17.8 Å². The van der Waals surface area contributed by atoms with E-state index in [1.54, 1.807) is 0 Å². The smallest absolute Gasteiger partial charge is 0.00388 e. The highest BCUT2D eigenvalue weighted by atomic mass is 15.3. The van der Waals surface area contributed by atoms with E-state index < -0.39 is 0 Å². The fourth-order valence-corrected chi connectivity index (χ4v) is 3.15. The van der Waals surface area contributed by atoms with Crippen LogP contribution in [0.2, 0.25) is 0 Å². The molecule has 16 heavy (non-hydrogen) atoms. The predicted octanol–water partition coefficient (Wildman–Crippen LogP) is 2.30. The first-order chi connectivity index (χ1) is 7.54. The Morgan fingerprint density at radius 2 is 1.56 bits per heavy atom. The van der Waals surface area contributed by atoms with Gasteiger partial charge in [0.2, 0.25) is 0 Å². The Hall–Kier alpha value is -0.0800. The molecule has 0 radical (unpaired) electrons. The van der Waals surface area contributed by atoms with Crippen LogP contribution in [0.3, 0.4) is 0 Å². The standard InChI is InChI=1S/C14H28N2/c1-11(2)5-13-6-15(7-13)8-14-9-16(10-14)12(3)4/h11-14H,5-10H2,1-4H3. The van der Waals surface area contributed by atoms with Gasteiger partial charge in [-0.1, -0.05) is 13.8 Å². The number of hydrogen-bond donors (Lipinski definition) is 0. The lowest BCUT2D eigenvalue weighted by Gasteiger charge is -2.48. The highest BCUT2D eigenvalue weighted by Crippen LogP contribution is 2.26. The molecule has 2 saturated heterocycles. The monoisotopic (exact) mass is 224 g/mol. The minimum atomic E-state index is 0.751. The minimum Gasteiger partial charge on any atom is -0.302 e. The molecule has 0 N–H and O–H groups in total. The number of likely N-dealkylation sites (tertiary alicyclic amines) is 2. The van der Waals surface area contributed by atoms with Gasteiger partial charge in [0.1, 0.15) is 0 Å². The quantitative estimate of drug-likeness (QED) is 0.707. The Balaban J connectivity index is 1.54. The Morgan fingerprint density at radius 1 is 0.938 bits per heavy atom. The zero-order chi connectivity index (χ0) is 11.7. The average Bonchev–Trinajstić information content (AvgIpc) is 2.03. The van der Waals surface area contributed by atoms with Gasteiger partial charge in [0.15, 0.2) is 0 Å². The van der Waals surface area contributed by atoms with Gasteiger partial charge in [-0.25, -0.2) is 0 Å². The van der Waals surface area contributed by atoms with Gasteiger partial charge < -0.3 is 9.80 Å². The van der Waals surface area contributed by atoms with Crippen molar-refractivity contribution in [3.8, 4) is 0 Å². The van der Waals surface area contributed by atoms with Crippen molar-refractivity contribution in [3.05, 3.63) is 0 Å². The van der Waals surface area contributed by atoms with E-state index in [1.165, 1.54) is 39.1 Å². The first kappa shape index (κ1) is 12.4. The molecule has 0 aromatic heterocycles. The van der Waals surface area contributed by atoms with Gasteiger partial charge in [-0.05, 0) is 38.0 Å². The highest BCUT2D eigenvalue weighted by molar-refractivity contribution is 4.88. The van der Waals surface area contributed by atoms with Gasteiger partial charge in [-0.2, -0.15) is 0 Å². The minimum absolute atomic E-state index is 0.751. The van der Waals surface area contributed by atoms with E-state index in [2.05, 4.69) is 37.5 Å². The lowest BCUT2D eigenvalue weighted by atomic mass is 9.88. The van der Waals surface area contributed by atoms with Crippen molar-refractivity contribution in [2.75, 3.05) is 32.7 Å². The molecule has 2 aliphatic heterocycles. The molecule has 2 nitrogen and oxygen atoms in total. The maximum atomic E-state index is 2.66. The SMILES string of the molecule is CC(C)CC1CN(CC2CN(C(C)C)C2)C1. The lowest BCUT2D eigenvalue weighted by molar-refractivity contribution is 0.00352. The molecule has 0 unspecified atom stereocenters. The maximum absolute atomic E-state index is 2.66. The Bertz CT molecular complexity index is 213. The van der Waals surface area contributed by atoms with Crippen molar-refractivity contribution >= 4 is 0 Å². The van der Waals surface area contributed by atoms with Gasteiger partial charge in [0, 0.05) is 38.8 Å². The van der Waals surface area contributed by atoms with E-state index >= 15 is 0 Å². The van der Waals surface area contributed by atoms with Crippen molar-refractivity contribution in [1.82, 2.24) is 9.80 Å². The molecule has 0 amide bonds. The van der Waals surface area contributed by atoms with Crippen molar-refractivity contribution in [1.29, 1.82) is 0 Å². The molecular formula is C14H28N2. The summed E-state index contributed by atoms with van der Waals surface area (Å²) in [7, 11) is 0. The Labute approximate surface area is 101 Å². The second-order valence-corrected chi connectivity index (χ2v) is 6.63. The third kappa shape index (κ3) is 2.98. The molecule has 2 heterocycles. The number of rotatable bonds is 5. The van der Waals surface area contributed by atoms with Crippen LogP contribution >= 0.6 is 0 Å². The summed E-state index contributed by atoms with van der Waals surface area (Å²) in [6.07, 6.45) is 1.43. The Kier molecular flexibility index (Phi) is 3.91. The number of hydrogen-bond acceptors (Lipinski definition) is 2. The van der Waals surface area contributed by atoms with E-state index in [0.29, 0.717) is 0 Å². The van der Waals surface area contributed by atoms with Crippen molar-refractivity contribution in [3.63, 3.8) is 0 Å². The molecule has 2 rings (SSSR count). The summed E-state index contributed by atoms with van der Waals surface area (Å²) >= 11 is 0. The van der Waals surface area contributed by atoms with Crippen LogP contribution in [0.5, 0.6) is 0 Å². The third-order valence-corrected chi connectivity index (χ3v) is 4.07. The van der Waals surface area contributed by atoms with Gasteiger partial charge in [0.05, 0.1) is 0 Å². The molecule has 0 aromatic carbocycles. The number of nitrogens with zero attached hydrogens (tertiary/aromatic N) is 2. The van der Waals surface area contributed by atoms with Gasteiger partial charge in [0.25, 0.3) is 0 Å². The maximum Gasteiger partial charge on any atom is 0.00388 e. The summed E-state index contributed by atoms with van der Waals surface area (Å²) in [5.41, 5.74) is 0. The summed E-state index contributed by atoms with van der Waals surface area (Å²) < 4.78 is 0. The zero-order valence-corrected chi connectivity index (χ0v) is 11.4. The van der Waals surface area contributed by atoms with E-state index in [0.717, 1.165) is 23.8 Å². The largest absolute Gasteiger partial charge is 0.302 e. The third-order valence-electron chi connectivity index (χ3n) is 4.07. The molecule has 0 bridgehead atoms. The van der Waals surface area contributed by atoms with Gasteiger partial charge in [-0.3, -0.25) is 0 Å². The van der Waals surface area contributed by atoms with Crippen LogP contribution in [0, 0.1) is 17.8 Å². The summed E-state index contributed by atoms with van der Waals surface area (Å²) in [6.45, 7) is 16.1. The van der Waals surface area contributed by atoms with Crippen LogP contribution in [0.25, 0.3) is 0 Å². The lowest BCUT2D eigenvalue weighted by Crippen LogP contribution is -2.57. The van der Waals surface area contributed by atoms with Crippen molar-refractivity contribution in [2.45, 2.75) is 40.2 Å². The molecular weight excluding hydrogens is 196 g/mol. The first-order valence-electron chi connectivity index (χ1n) is 7.01. The van der Waals surface area contributed by atoms with Crippen LogP contribution in [-0.2, 0) is 0 Å². The first-order valence-corrected chi connectivity index (χ1v) is 7.01. The fourth-order valence-electron chi connectivity index (χ4n) is 3.15. The summed E-state index contributed by atoms with van der Waals surface area (Å²) in [4.78, 5) is 5.24. The summed E-state index contributed by atoms with van der Waals surface area (Å²) in [5.74, 6) is 2.84. The molecule has 0 spiro atoms. The van der Waals surface area contributed by atoms with Gasteiger partial charge >= 0.3 is 0 Å². The van der Waals surface area contributed by atoms with Gasteiger partial charge in [-0.15, -0.1) is 0 Å². The van der Waals surface area contributed by atoms with Crippen LogP contribution < -0.4 is 0 Å². The molecule has 2 fully saturated rings. The molecule has 0 saturated carbocycles. The summed E-state index contributed by atoms with van der Waals surface area (Å²) in [5, 5.41) is 0. The second kappa shape index (κ2) is 5.05. The Morgan fingerprint density at radius 3 is 2.06 bits per heavy atom. The second-order valence-electron chi connectivity index (χ2n) is 6.63. The molecule has 0 aromatic rings. The summed E-state index contributed by atoms with van der Waals surface area (Å²) in [6, 6.07) is 0.751. The van der Waals surface area contributed by atoms with Crippen molar-refractivity contribution < 1.29 is 0 Å². The van der Waals surface area contributed by atoms with E-state index in [-0.39, 0.29) is 0 Å². The molecule has 0 aliphatic carbocycles. The fraction of sp³-hybridized carbons (Fsp3) is 1.00. The normalized spacial score (nSPS) is 25.1. The van der Waals surface area contributed by atoms with Crippen LogP contribution in [0.15, 0.2) is 0 Å². The zero-order valence-electron chi connectivity index (χ0n) is 11.4. The van der Waals surface area contributed by atoms with E-state index in [4.69, 9.17) is 0 Å². The van der Waals surface area contributed by atoms with E-state index in [1.807, 2.05) is 0 Å². The molecule has 2 heteroatoms.